The van der Waals surface area contributed by atoms with Crippen LogP contribution >= 0.6 is 15.9 Å². The number of benzene rings is 1. The van der Waals surface area contributed by atoms with E-state index in [1.54, 1.807) is 13.8 Å². The SMILES string of the molecule is CCOC(=O)c1c(C)c(C(=O)Nc2cccc(Br)c2)c(C)n1CC. The Kier molecular flexibility index (Phi) is 5.83. The fraction of sp³-hybridized carbons (Fsp3) is 0.333. The fourth-order valence-corrected chi connectivity index (χ4v) is 3.25. The number of amides is 1. The van der Waals surface area contributed by atoms with Crippen LogP contribution in [0.4, 0.5) is 5.69 Å². The molecule has 2 aromatic rings. The van der Waals surface area contributed by atoms with Crippen molar-refractivity contribution in [2.45, 2.75) is 34.2 Å². The molecule has 128 valence electrons. The lowest BCUT2D eigenvalue weighted by Crippen LogP contribution is -2.14. The summed E-state index contributed by atoms with van der Waals surface area (Å²) in [4.78, 5) is 25.0. The van der Waals surface area contributed by atoms with Crippen LogP contribution in [0.15, 0.2) is 28.7 Å². The molecule has 0 aliphatic carbocycles. The molecule has 0 saturated heterocycles. The molecule has 1 aromatic heterocycles. The average Bonchev–Trinajstić information content (AvgIpc) is 2.77. The second-order valence-electron chi connectivity index (χ2n) is 5.36. The van der Waals surface area contributed by atoms with Crippen molar-refractivity contribution in [3.63, 3.8) is 0 Å². The summed E-state index contributed by atoms with van der Waals surface area (Å²) in [6, 6.07) is 7.38. The Balaban J connectivity index is 2.43. The average molecular weight is 393 g/mol. The summed E-state index contributed by atoms with van der Waals surface area (Å²) in [5.41, 5.74) is 3.04. The molecule has 0 saturated carbocycles. The first kappa shape index (κ1) is 18.3. The highest BCUT2D eigenvalue weighted by Crippen LogP contribution is 2.25. The van der Waals surface area contributed by atoms with Crippen molar-refractivity contribution in [1.29, 1.82) is 0 Å². The second kappa shape index (κ2) is 7.66. The molecule has 2 rings (SSSR count). The van der Waals surface area contributed by atoms with E-state index in [9.17, 15) is 9.59 Å². The van der Waals surface area contributed by atoms with Gasteiger partial charge in [-0.25, -0.2) is 4.79 Å². The van der Waals surface area contributed by atoms with Crippen molar-refractivity contribution < 1.29 is 14.3 Å². The van der Waals surface area contributed by atoms with Crippen LogP contribution in [0.1, 0.15) is 46.0 Å². The molecule has 1 aromatic carbocycles. The third-order valence-electron chi connectivity index (χ3n) is 3.86. The summed E-state index contributed by atoms with van der Waals surface area (Å²) >= 11 is 3.38. The lowest BCUT2D eigenvalue weighted by molar-refractivity contribution is 0.0512. The van der Waals surface area contributed by atoms with E-state index in [4.69, 9.17) is 4.74 Å². The van der Waals surface area contributed by atoms with E-state index >= 15 is 0 Å². The third-order valence-corrected chi connectivity index (χ3v) is 4.35. The van der Waals surface area contributed by atoms with E-state index in [0.717, 1.165) is 10.2 Å². The predicted molar refractivity (Wildman–Crippen MR) is 97.6 cm³/mol. The zero-order chi connectivity index (χ0) is 17.9. The number of anilines is 1. The number of rotatable bonds is 5. The predicted octanol–water partition coefficient (Wildman–Crippen LogP) is 4.32. The molecule has 0 aliphatic heterocycles. The number of halogens is 1. The van der Waals surface area contributed by atoms with E-state index in [1.165, 1.54) is 0 Å². The highest BCUT2D eigenvalue weighted by Gasteiger charge is 2.26. The van der Waals surface area contributed by atoms with Gasteiger partial charge in [-0.15, -0.1) is 0 Å². The van der Waals surface area contributed by atoms with Gasteiger partial charge >= 0.3 is 5.97 Å². The number of hydrogen-bond acceptors (Lipinski definition) is 3. The van der Waals surface area contributed by atoms with Gasteiger partial charge in [-0.05, 0) is 51.5 Å². The summed E-state index contributed by atoms with van der Waals surface area (Å²) in [5.74, 6) is -0.637. The molecule has 6 heteroatoms. The van der Waals surface area contributed by atoms with Gasteiger partial charge in [0.15, 0.2) is 0 Å². The van der Waals surface area contributed by atoms with Crippen LogP contribution in [0.3, 0.4) is 0 Å². The van der Waals surface area contributed by atoms with Crippen molar-refractivity contribution in [1.82, 2.24) is 4.57 Å². The van der Waals surface area contributed by atoms with Gasteiger partial charge in [0.1, 0.15) is 5.69 Å². The Bertz CT molecular complexity index is 781. The zero-order valence-corrected chi connectivity index (χ0v) is 15.9. The molecular formula is C18H21BrN2O3. The maximum Gasteiger partial charge on any atom is 0.355 e. The standard InChI is InChI=1S/C18H21BrN2O3/c1-5-21-12(4)15(11(3)16(21)18(23)24-6-2)17(22)20-14-9-7-8-13(19)10-14/h7-10H,5-6H2,1-4H3,(H,20,22). The summed E-state index contributed by atoms with van der Waals surface area (Å²) in [6.45, 7) is 8.21. The number of aromatic nitrogens is 1. The van der Waals surface area contributed by atoms with Gasteiger partial charge in [0.25, 0.3) is 5.91 Å². The third kappa shape index (κ3) is 3.53. The fourth-order valence-electron chi connectivity index (χ4n) is 2.85. The summed E-state index contributed by atoms with van der Waals surface area (Å²) in [5, 5.41) is 2.88. The van der Waals surface area contributed by atoms with Gasteiger partial charge in [-0.3, -0.25) is 4.79 Å². The Morgan fingerprint density at radius 3 is 2.54 bits per heavy atom. The van der Waals surface area contributed by atoms with Crippen LogP contribution in [0, 0.1) is 13.8 Å². The largest absolute Gasteiger partial charge is 0.461 e. The van der Waals surface area contributed by atoms with Gasteiger partial charge in [0.05, 0.1) is 12.2 Å². The zero-order valence-electron chi connectivity index (χ0n) is 14.3. The summed E-state index contributed by atoms with van der Waals surface area (Å²) in [7, 11) is 0. The van der Waals surface area contributed by atoms with E-state index in [-0.39, 0.29) is 5.91 Å². The highest BCUT2D eigenvalue weighted by atomic mass is 79.9. The molecule has 0 spiro atoms. The number of ether oxygens (including phenoxy) is 1. The monoisotopic (exact) mass is 392 g/mol. The van der Waals surface area contributed by atoms with Gasteiger partial charge in [-0.1, -0.05) is 22.0 Å². The minimum Gasteiger partial charge on any atom is -0.461 e. The van der Waals surface area contributed by atoms with Crippen LogP contribution in [0.5, 0.6) is 0 Å². The number of carbonyl (C=O) groups is 2. The molecule has 1 heterocycles. The van der Waals surface area contributed by atoms with Gasteiger partial charge < -0.3 is 14.6 Å². The van der Waals surface area contributed by atoms with Crippen LogP contribution < -0.4 is 5.32 Å². The number of nitrogens with zero attached hydrogens (tertiary/aromatic N) is 1. The second-order valence-corrected chi connectivity index (χ2v) is 6.28. The minimum atomic E-state index is -0.401. The van der Waals surface area contributed by atoms with Gasteiger partial charge in [0, 0.05) is 22.4 Å². The minimum absolute atomic E-state index is 0.235. The van der Waals surface area contributed by atoms with E-state index in [0.29, 0.717) is 35.7 Å². The van der Waals surface area contributed by atoms with Crippen LogP contribution in [-0.2, 0) is 11.3 Å². The first-order valence-corrected chi connectivity index (χ1v) is 8.63. The highest BCUT2D eigenvalue weighted by molar-refractivity contribution is 9.10. The lowest BCUT2D eigenvalue weighted by atomic mass is 10.1. The Labute approximate surface area is 150 Å². The van der Waals surface area contributed by atoms with Crippen molar-refractivity contribution >= 4 is 33.5 Å². The van der Waals surface area contributed by atoms with Gasteiger partial charge in [-0.2, -0.15) is 0 Å². The Morgan fingerprint density at radius 2 is 1.96 bits per heavy atom. The molecule has 5 nitrogen and oxygen atoms in total. The van der Waals surface area contributed by atoms with E-state index in [1.807, 2.05) is 42.7 Å². The maximum atomic E-state index is 12.7. The van der Waals surface area contributed by atoms with E-state index < -0.39 is 5.97 Å². The normalized spacial score (nSPS) is 10.5. The van der Waals surface area contributed by atoms with Crippen LogP contribution in [0.2, 0.25) is 0 Å². The smallest absolute Gasteiger partial charge is 0.355 e. The molecule has 24 heavy (non-hydrogen) atoms. The van der Waals surface area contributed by atoms with Crippen molar-refractivity contribution in [3.8, 4) is 0 Å². The van der Waals surface area contributed by atoms with Crippen molar-refractivity contribution in [2.24, 2.45) is 0 Å². The van der Waals surface area contributed by atoms with E-state index in [2.05, 4.69) is 21.2 Å². The Hall–Kier alpha value is -2.08. The maximum absolute atomic E-state index is 12.7. The van der Waals surface area contributed by atoms with Crippen molar-refractivity contribution in [3.05, 3.63) is 51.3 Å². The van der Waals surface area contributed by atoms with Crippen LogP contribution in [0.25, 0.3) is 0 Å². The molecule has 0 fully saturated rings. The first-order chi connectivity index (χ1) is 11.4. The number of esters is 1. The lowest BCUT2D eigenvalue weighted by Gasteiger charge is -2.08. The van der Waals surface area contributed by atoms with Gasteiger partial charge in [0.2, 0.25) is 0 Å². The van der Waals surface area contributed by atoms with Crippen LogP contribution in [-0.4, -0.2) is 23.1 Å². The van der Waals surface area contributed by atoms with Crippen molar-refractivity contribution in [2.75, 3.05) is 11.9 Å². The molecular weight excluding hydrogens is 372 g/mol. The molecule has 1 N–H and O–H groups in total. The molecule has 0 radical (unpaired) electrons. The number of carbonyl (C=O) groups excluding carboxylic acids is 2. The molecule has 0 bridgehead atoms. The number of hydrogen-bond donors (Lipinski definition) is 1. The molecule has 0 unspecified atom stereocenters. The molecule has 0 atom stereocenters. The topological polar surface area (TPSA) is 60.3 Å². The number of nitrogens with one attached hydrogen (secondary N) is 1. The summed E-state index contributed by atoms with van der Waals surface area (Å²) in [6.07, 6.45) is 0. The summed E-state index contributed by atoms with van der Waals surface area (Å²) < 4.78 is 7.84. The Morgan fingerprint density at radius 1 is 1.25 bits per heavy atom. The molecule has 1 amide bonds. The molecule has 0 aliphatic rings. The first-order valence-electron chi connectivity index (χ1n) is 7.84. The quantitative estimate of drug-likeness (QED) is 0.770.